The minimum Gasteiger partial charge on any atom is -0.369 e. The Bertz CT molecular complexity index is 77.0. The SMILES string of the molecule is C=C(N=N)NCC. The molecule has 0 spiro atoms. The van der Waals surface area contributed by atoms with Gasteiger partial charge in [0.2, 0.25) is 0 Å². The Morgan fingerprint density at radius 3 is 2.71 bits per heavy atom. The first-order valence-electron chi connectivity index (χ1n) is 2.11. The summed E-state index contributed by atoms with van der Waals surface area (Å²) in [6.45, 7) is 6.10. The molecule has 0 atom stereocenters. The second-order valence-electron chi connectivity index (χ2n) is 1.09. The topological polar surface area (TPSA) is 48.2 Å². The summed E-state index contributed by atoms with van der Waals surface area (Å²) in [5.41, 5.74) is 6.37. The average Bonchev–Trinajstić information content (AvgIpc) is 1.68. The standard InChI is InChI=1S/C4H9N3/c1-3-6-4(2)7-5/h5-6H,2-3H2,1H3. The summed E-state index contributed by atoms with van der Waals surface area (Å²) < 4.78 is 0. The van der Waals surface area contributed by atoms with Crippen molar-refractivity contribution in [2.45, 2.75) is 6.92 Å². The molecule has 0 aromatic heterocycles. The number of nitrogens with one attached hydrogen (secondary N) is 2. The van der Waals surface area contributed by atoms with Gasteiger partial charge in [-0.2, -0.15) is 0 Å². The first-order valence-corrected chi connectivity index (χ1v) is 2.11. The average molecular weight is 99.1 g/mol. The zero-order valence-electron chi connectivity index (χ0n) is 4.36. The third kappa shape index (κ3) is 2.96. The number of rotatable bonds is 3. The van der Waals surface area contributed by atoms with Gasteiger partial charge in [-0.25, -0.2) is 5.53 Å². The van der Waals surface area contributed by atoms with Gasteiger partial charge in [-0.15, -0.1) is 5.11 Å². The van der Waals surface area contributed by atoms with E-state index in [1.165, 1.54) is 0 Å². The smallest absolute Gasteiger partial charge is 0.140 e. The molecule has 0 aromatic carbocycles. The highest BCUT2D eigenvalue weighted by atomic mass is 15.1. The lowest BCUT2D eigenvalue weighted by Gasteiger charge is -1.94. The normalized spacial score (nSPS) is 7.57. The maximum Gasteiger partial charge on any atom is 0.140 e. The molecule has 3 nitrogen and oxygen atoms in total. The zero-order chi connectivity index (χ0) is 5.70. The van der Waals surface area contributed by atoms with E-state index >= 15 is 0 Å². The van der Waals surface area contributed by atoms with Crippen LogP contribution in [0.1, 0.15) is 6.92 Å². The molecule has 0 fully saturated rings. The molecule has 0 radical (unpaired) electrons. The molecule has 0 aromatic rings. The lowest BCUT2D eigenvalue weighted by Crippen LogP contribution is -2.07. The fourth-order valence-electron chi connectivity index (χ4n) is 0.244. The van der Waals surface area contributed by atoms with Crippen LogP contribution in [0.3, 0.4) is 0 Å². The van der Waals surface area contributed by atoms with Gasteiger partial charge in [-0.05, 0) is 6.92 Å². The van der Waals surface area contributed by atoms with Crippen LogP contribution in [-0.4, -0.2) is 6.54 Å². The predicted octanol–water partition coefficient (Wildman–Crippen LogP) is 1.10. The molecule has 3 heteroatoms. The van der Waals surface area contributed by atoms with E-state index in [4.69, 9.17) is 5.53 Å². The predicted molar refractivity (Wildman–Crippen MR) is 28.0 cm³/mol. The highest BCUT2D eigenvalue weighted by molar-refractivity contribution is 4.83. The van der Waals surface area contributed by atoms with Crippen LogP contribution in [-0.2, 0) is 0 Å². The van der Waals surface area contributed by atoms with Crippen molar-refractivity contribution in [2.75, 3.05) is 6.54 Å². The van der Waals surface area contributed by atoms with Gasteiger partial charge in [0, 0.05) is 6.54 Å². The van der Waals surface area contributed by atoms with Crippen LogP contribution in [0.25, 0.3) is 0 Å². The fraction of sp³-hybridized carbons (Fsp3) is 0.500. The van der Waals surface area contributed by atoms with Crippen LogP contribution in [0.15, 0.2) is 17.5 Å². The molecule has 0 rings (SSSR count). The first kappa shape index (κ1) is 6.14. The second-order valence-corrected chi connectivity index (χ2v) is 1.09. The third-order valence-electron chi connectivity index (χ3n) is 0.516. The molecule has 40 valence electrons. The van der Waals surface area contributed by atoms with Gasteiger partial charge in [0.05, 0.1) is 0 Å². The molecule has 0 amide bonds. The molecule has 0 aliphatic heterocycles. The van der Waals surface area contributed by atoms with E-state index in [9.17, 15) is 0 Å². The Morgan fingerprint density at radius 2 is 2.57 bits per heavy atom. The van der Waals surface area contributed by atoms with E-state index in [-0.39, 0.29) is 0 Å². The summed E-state index contributed by atoms with van der Waals surface area (Å²) in [5, 5.41) is 5.77. The molecular formula is C4H9N3. The molecule has 0 saturated heterocycles. The third-order valence-corrected chi connectivity index (χ3v) is 0.516. The largest absolute Gasteiger partial charge is 0.369 e. The number of hydrogen-bond donors (Lipinski definition) is 2. The molecule has 0 heterocycles. The molecule has 0 aliphatic carbocycles. The van der Waals surface area contributed by atoms with Crippen molar-refractivity contribution in [3.05, 3.63) is 12.4 Å². The molecule has 0 unspecified atom stereocenters. The van der Waals surface area contributed by atoms with E-state index < -0.39 is 0 Å². The summed E-state index contributed by atoms with van der Waals surface area (Å²) >= 11 is 0. The van der Waals surface area contributed by atoms with Gasteiger partial charge in [-0.3, -0.25) is 0 Å². The Morgan fingerprint density at radius 1 is 2.00 bits per heavy atom. The van der Waals surface area contributed by atoms with Gasteiger partial charge in [0.1, 0.15) is 5.82 Å². The number of nitrogens with zero attached hydrogens (tertiary/aromatic N) is 1. The maximum atomic E-state index is 6.37. The summed E-state index contributed by atoms with van der Waals surface area (Å²) in [6.07, 6.45) is 0. The van der Waals surface area contributed by atoms with E-state index in [0.717, 1.165) is 6.54 Å². The van der Waals surface area contributed by atoms with Crippen molar-refractivity contribution in [2.24, 2.45) is 5.11 Å². The molecule has 0 aliphatic rings. The highest BCUT2D eigenvalue weighted by Crippen LogP contribution is 1.79. The molecule has 0 bridgehead atoms. The zero-order valence-corrected chi connectivity index (χ0v) is 4.36. The van der Waals surface area contributed by atoms with Crippen LogP contribution < -0.4 is 5.32 Å². The summed E-state index contributed by atoms with van der Waals surface area (Å²) in [6, 6.07) is 0. The Kier molecular flexibility index (Phi) is 2.92. The van der Waals surface area contributed by atoms with Crippen molar-refractivity contribution >= 4 is 0 Å². The first-order chi connectivity index (χ1) is 3.31. The lowest BCUT2D eigenvalue weighted by molar-refractivity contribution is 0.810. The van der Waals surface area contributed by atoms with E-state index in [1.807, 2.05) is 6.92 Å². The number of hydrogen-bond acceptors (Lipinski definition) is 3. The molecule has 2 N–H and O–H groups in total. The van der Waals surface area contributed by atoms with Crippen LogP contribution >= 0.6 is 0 Å². The summed E-state index contributed by atoms with van der Waals surface area (Å²) in [7, 11) is 0. The summed E-state index contributed by atoms with van der Waals surface area (Å²) in [4.78, 5) is 0. The maximum absolute atomic E-state index is 6.37. The Balaban J connectivity index is 3.17. The van der Waals surface area contributed by atoms with Gasteiger partial charge in [0.25, 0.3) is 0 Å². The van der Waals surface area contributed by atoms with Crippen molar-refractivity contribution < 1.29 is 0 Å². The molecular weight excluding hydrogens is 90.1 g/mol. The van der Waals surface area contributed by atoms with Crippen molar-refractivity contribution in [3.63, 3.8) is 0 Å². The van der Waals surface area contributed by atoms with E-state index in [0.29, 0.717) is 5.82 Å². The second kappa shape index (κ2) is 3.33. The van der Waals surface area contributed by atoms with Crippen LogP contribution in [0.2, 0.25) is 0 Å². The van der Waals surface area contributed by atoms with Gasteiger partial charge >= 0.3 is 0 Å². The summed E-state index contributed by atoms with van der Waals surface area (Å²) in [5.74, 6) is 0.419. The Labute approximate surface area is 42.9 Å². The van der Waals surface area contributed by atoms with Gasteiger partial charge < -0.3 is 5.32 Å². The van der Waals surface area contributed by atoms with E-state index in [2.05, 4.69) is 17.0 Å². The highest BCUT2D eigenvalue weighted by Gasteiger charge is 1.78. The van der Waals surface area contributed by atoms with Crippen LogP contribution in [0.4, 0.5) is 0 Å². The van der Waals surface area contributed by atoms with Crippen molar-refractivity contribution in [1.29, 1.82) is 5.53 Å². The van der Waals surface area contributed by atoms with Crippen LogP contribution in [0.5, 0.6) is 0 Å². The minimum absolute atomic E-state index is 0.419. The van der Waals surface area contributed by atoms with Crippen molar-refractivity contribution in [1.82, 2.24) is 5.32 Å². The minimum atomic E-state index is 0.419. The van der Waals surface area contributed by atoms with Gasteiger partial charge in [-0.1, -0.05) is 6.58 Å². The van der Waals surface area contributed by atoms with Crippen molar-refractivity contribution in [3.8, 4) is 0 Å². The molecule has 0 saturated carbocycles. The Hall–Kier alpha value is -0.860. The van der Waals surface area contributed by atoms with E-state index in [1.54, 1.807) is 0 Å². The van der Waals surface area contributed by atoms with Gasteiger partial charge in [0.15, 0.2) is 0 Å². The van der Waals surface area contributed by atoms with Crippen LogP contribution in [0, 0.1) is 5.53 Å². The monoisotopic (exact) mass is 99.1 g/mol. The quantitative estimate of drug-likeness (QED) is 0.511. The fourth-order valence-corrected chi connectivity index (χ4v) is 0.244. The lowest BCUT2D eigenvalue weighted by atomic mass is 10.7. The molecule has 7 heavy (non-hydrogen) atoms.